The van der Waals surface area contributed by atoms with E-state index in [0.29, 0.717) is 0 Å². The molecule has 2 rings (SSSR count). The molecule has 1 aromatic heterocycles. The highest BCUT2D eigenvalue weighted by molar-refractivity contribution is 6.62. The standard InChI is InChI=1S/C14H22BNO2/c1-6-7-11-8-12(10-16-9-11)15-17-13(2,3)14(4,5)18-15/h8-10H,6-7H2,1-5H3. The van der Waals surface area contributed by atoms with Gasteiger partial charge in [-0.25, -0.2) is 0 Å². The highest BCUT2D eigenvalue weighted by atomic mass is 16.7. The fraction of sp³-hybridized carbons (Fsp3) is 0.643. The van der Waals surface area contributed by atoms with E-state index in [4.69, 9.17) is 9.31 Å². The van der Waals surface area contributed by atoms with Crippen molar-refractivity contribution in [2.24, 2.45) is 0 Å². The van der Waals surface area contributed by atoms with Crippen LogP contribution in [0, 0.1) is 0 Å². The van der Waals surface area contributed by atoms with Gasteiger partial charge in [0.05, 0.1) is 11.2 Å². The molecule has 0 unspecified atom stereocenters. The van der Waals surface area contributed by atoms with Gasteiger partial charge < -0.3 is 9.31 Å². The molecule has 0 bridgehead atoms. The predicted octanol–water partition coefficient (Wildman–Crippen LogP) is 2.33. The highest BCUT2D eigenvalue weighted by Gasteiger charge is 2.51. The average Bonchev–Trinajstić information content (AvgIpc) is 2.49. The number of aromatic nitrogens is 1. The zero-order chi connectivity index (χ0) is 13.4. The van der Waals surface area contributed by atoms with Gasteiger partial charge in [-0.3, -0.25) is 4.98 Å². The first-order valence-corrected chi connectivity index (χ1v) is 6.65. The van der Waals surface area contributed by atoms with Crippen LogP contribution in [-0.2, 0) is 15.7 Å². The number of aryl methyl sites for hydroxylation is 1. The number of pyridine rings is 1. The smallest absolute Gasteiger partial charge is 0.399 e. The lowest BCUT2D eigenvalue weighted by molar-refractivity contribution is 0.00578. The third kappa shape index (κ3) is 2.45. The SMILES string of the molecule is CCCc1cncc(B2OC(C)(C)C(C)(C)O2)c1. The highest BCUT2D eigenvalue weighted by Crippen LogP contribution is 2.36. The van der Waals surface area contributed by atoms with Gasteiger partial charge in [-0.15, -0.1) is 0 Å². The van der Waals surface area contributed by atoms with Gasteiger partial charge in [0.2, 0.25) is 0 Å². The van der Waals surface area contributed by atoms with Crippen LogP contribution in [0.15, 0.2) is 18.5 Å². The molecule has 1 aromatic rings. The van der Waals surface area contributed by atoms with E-state index in [1.54, 1.807) is 0 Å². The maximum absolute atomic E-state index is 6.02. The molecule has 0 spiro atoms. The number of hydrogen-bond donors (Lipinski definition) is 0. The van der Waals surface area contributed by atoms with Crippen molar-refractivity contribution >= 4 is 12.6 Å². The second-order valence-electron chi connectivity index (χ2n) is 5.96. The maximum atomic E-state index is 6.02. The summed E-state index contributed by atoms with van der Waals surface area (Å²) in [4.78, 5) is 4.28. The lowest BCUT2D eigenvalue weighted by Gasteiger charge is -2.32. The molecule has 4 heteroatoms. The van der Waals surface area contributed by atoms with Crippen LogP contribution in [0.25, 0.3) is 0 Å². The quantitative estimate of drug-likeness (QED) is 0.768. The van der Waals surface area contributed by atoms with Crippen molar-refractivity contribution in [2.45, 2.75) is 58.7 Å². The average molecular weight is 247 g/mol. The number of rotatable bonds is 3. The molecular weight excluding hydrogens is 225 g/mol. The molecule has 0 atom stereocenters. The van der Waals surface area contributed by atoms with Gasteiger partial charge in [0.15, 0.2) is 0 Å². The lowest BCUT2D eigenvalue weighted by atomic mass is 9.79. The fourth-order valence-corrected chi connectivity index (χ4v) is 2.04. The van der Waals surface area contributed by atoms with Gasteiger partial charge >= 0.3 is 7.12 Å². The van der Waals surface area contributed by atoms with Crippen LogP contribution in [0.4, 0.5) is 0 Å². The Morgan fingerprint density at radius 2 is 1.72 bits per heavy atom. The first-order valence-electron chi connectivity index (χ1n) is 6.65. The molecule has 2 heterocycles. The van der Waals surface area contributed by atoms with Gasteiger partial charge in [-0.1, -0.05) is 19.4 Å². The molecule has 0 aromatic carbocycles. The summed E-state index contributed by atoms with van der Waals surface area (Å²) in [7, 11) is -0.306. The molecule has 0 saturated carbocycles. The monoisotopic (exact) mass is 247 g/mol. The first kappa shape index (κ1) is 13.6. The summed E-state index contributed by atoms with van der Waals surface area (Å²) < 4.78 is 12.0. The van der Waals surface area contributed by atoms with Crippen molar-refractivity contribution in [2.75, 3.05) is 0 Å². The molecule has 0 radical (unpaired) electrons. The summed E-state index contributed by atoms with van der Waals surface area (Å²) in [6.45, 7) is 10.4. The Morgan fingerprint density at radius 3 is 2.28 bits per heavy atom. The molecule has 1 aliphatic heterocycles. The van der Waals surface area contributed by atoms with E-state index < -0.39 is 0 Å². The Balaban J connectivity index is 2.21. The van der Waals surface area contributed by atoms with Crippen LogP contribution in [-0.4, -0.2) is 23.3 Å². The predicted molar refractivity (Wildman–Crippen MR) is 73.9 cm³/mol. The molecule has 1 aliphatic rings. The molecule has 18 heavy (non-hydrogen) atoms. The minimum absolute atomic E-state index is 0.293. The minimum Gasteiger partial charge on any atom is -0.399 e. The van der Waals surface area contributed by atoms with E-state index in [-0.39, 0.29) is 18.3 Å². The fourth-order valence-electron chi connectivity index (χ4n) is 2.04. The molecule has 3 nitrogen and oxygen atoms in total. The number of hydrogen-bond acceptors (Lipinski definition) is 3. The summed E-state index contributed by atoms with van der Waals surface area (Å²) in [5.74, 6) is 0. The molecule has 1 fully saturated rings. The van der Waals surface area contributed by atoms with E-state index in [2.05, 4.69) is 45.7 Å². The Bertz CT molecular complexity index is 416. The summed E-state index contributed by atoms with van der Waals surface area (Å²) >= 11 is 0. The molecule has 0 aliphatic carbocycles. The van der Waals surface area contributed by atoms with Gasteiger partial charge in [-0.05, 0) is 39.7 Å². The molecule has 0 amide bonds. The number of nitrogens with zero attached hydrogens (tertiary/aromatic N) is 1. The van der Waals surface area contributed by atoms with Gasteiger partial charge in [-0.2, -0.15) is 0 Å². The van der Waals surface area contributed by atoms with Crippen molar-refractivity contribution in [1.82, 2.24) is 4.98 Å². The third-order valence-corrected chi connectivity index (χ3v) is 3.88. The van der Waals surface area contributed by atoms with Crippen LogP contribution in [0.2, 0.25) is 0 Å². The van der Waals surface area contributed by atoms with Crippen molar-refractivity contribution in [3.8, 4) is 0 Å². The van der Waals surface area contributed by atoms with Crippen molar-refractivity contribution in [3.63, 3.8) is 0 Å². The second kappa shape index (κ2) is 4.67. The van der Waals surface area contributed by atoms with E-state index in [0.717, 1.165) is 18.3 Å². The molecule has 98 valence electrons. The van der Waals surface area contributed by atoms with Gasteiger partial charge in [0.1, 0.15) is 0 Å². The van der Waals surface area contributed by atoms with Crippen LogP contribution in [0.3, 0.4) is 0 Å². The van der Waals surface area contributed by atoms with Crippen molar-refractivity contribution in [3.05, 3.63) is 24.0 Å². The van der Waals surface area contributed by atoms with Gasteiger partial charge in [0, 0.05) is 17.9 Å². The molecular formula is C14H22BNO2. The van der Waals surface area contributed by atoms with Crippen LogP contribution >= 0.6 is 0 Å². The maximum Gasteiger partial charge on any atom is 0.496 e. The summed E-state index contributed by atoms with van der Waals surface area (Å²) in [6.07, 6.45) is 5.91. The zero-order valence-corrected chi connectivity index (χ0v) is 12.0. The van der Waals surface area contributed by atoms with Crippen LogP contribution in [0.5, 0.6) is 0 Å². The van der Waals surface area contributed by atoms with E-state index >= 15 is 0 Å². The topological polar surface area (TPSA) is 31.4 Å². The largest absolute Gasteiger partial charge is 0.496 e. The van der Waals surface area contributed by atoms with Crippen LogP contribution < -0.4 is 5.46 Å². The summed E-state index contributed by atoms with van der Waals surface area (Å²) in [5.41, 5.74) is 1.67. The molecule has 1 saturated heterocycles. The van der Waals surface area contributed by atoms with E-state index in [1.807, 2.05) is 12.4 Å². The van der Waals surface area contributed by atoms with Crippen molar-refractivity contribution in [1.29, 1.82) is 0 Å². The Labute approximate surface area is 110 Å². The lowest BCUT2D eigenvalue weighted by Crippen LogP contribution is -2.41. The summed E-state index contributed by atoms with van der Waals surface area (Å²) in [5, 5.41) is 0. The van der Waals surface area contributed by atoms with Crippen LogP contribution in [0.1, 0.15) is 46.6 Å². The normalized spacial score (nSPS) is 21.3. The summed E-state index contributed by atoms with van der Waals surface area (Å²) in [6, 6.07) is 2.14. The first-order chi connectivity index (χ1) is 8.36. The zero-order valence-electron chi connectivity index (χ0n) is 12.0. The Kier molecular flexibility index (Phi) is 3.52. The van der Waals surface area contributed by atoms with E-state index in [1.165, 1.54) is 5.56 Å². The van der Waals surface area contributed by atoms with Crippen molar-refractivity contribution < 1.29 is 9.31 Å². The third-order valence-electron chi connectivity index (χ3n) is 3.88. The minimum atomic E-state index is -0.306. The Morgan fingerprint density at radius 1 is 1.11 bits per heavy atom. The van der Waals surface area contributed by atoms with Gasteiger partial charge in [0.25, 0.3) is 0 Å². The second-order valence-corrected chi connectivity index (χ2v) is 5.96. The Hall–Kier alpha value is -0.865. The molecule has 0 N–H and O–H groups in total. The van der Waals surface area contributed by atoms with E-state index in [9.17, 15) is 0 Å².